The van der Waals surface area contributed by atoms with E-state index in [0.717, 1.165) is 39.0 Å². The van der Waals surface area contributed by atoms with Crippen molar-refractivity contribution >= 4 is 0 Å². The molecule has 0 heterocycles. The Morgan fingerprint density at radius 3 is 1.33 bits per heavy atom. The van der Waals surface area contributed by atoms with E-state index in [9.17, 15) is 0 Å². The van der Waals surface area contributed by atoms with Crippen molar-refractivity contribution in [3.63, 3.8) is 0 Å². The maximum absolute atomic E-state index is 5.35. The van der Waals surface area contributed by atoms with Gasteiger partial charge in [-0.15, -0.1) is 0 Å². The molecule has 3 heteroatoms. The lowest BCUT2D eigenvalue weighted by Crippen LogP contribution is -2.24. The first kappa shape index (κ1) is 20.3. The van der Waals surface area contributed by atoms with Crippen molar-refractivity contribution in [2.24, 2.45) is 11.5 Å². The van der Waals surface area contributed by atoms with Crippen molar-refractivity contribution < 1.29 is 0 Å². The highest BCUT2D eigenvalue weighted by molar-refractivity contribution is 4.52. The highest BCUT2D eigenvalue weighted by Gasteiger charge is 1.94. The summed E-state index contributed by atoms with van der Waals surface area (Å²) in [5.74, 6) is 0. The largest absolute Gasteiger partial charge is 0.330 e. The average Bonchev–Trinajstić information content (AvgIpc) is 2.27. The Hall–Kier alpha value is -0.120. The zero-order valence-electron chi connectivity index (χ0n) is 11.6. The van der Waals surface area contributed by atoms with Gasteiger partial charge in [-0.25, -0.2) is 0 Å². The summed E-state index contributed by atoms with van der Waals surface area (Å²) in [5, 5.41) is 0. The van der Waals surface area contributed by atoms with Crippen LogP contribution >= 0.6 is 0 Å². The average molecular weight is 219 g/mol. The summed E-state index contributed by atoms with van der Waals surface area (Å²) in [7, 11) is 2.10. The van der Waals surface area contributed by atoms with Crippen molar-refractivity contribution in [1.82, 2.24) is 4.90 Å². The lowest BCUT2D eigenvalue weighted by Gasteiger charge is -2.14. The maximum Gasteiger partial charge on any atom is -0.000976 e. The molecule has 0 aromatic rings. The van der Waals surface area contributed by atoms with Crippen LogP contribution in [0.1, 0.15) is 47.0 Å². The Morgan fingerprint density at radius 1 is 0.867 bits per heavy atom. The van der Waals surface area contributed by atoms with Crippen molar-refractivity contribution in [3.8, 4) is 0 Å². The van der Waals surface area contributed by atoms with Gasteiger partial charge in [0.1, 0.15) is 0 Å². The molecule has 0 fully saturated rings. The first-order valence-electron chi connectivity index (χ1n) is 6.31. The van der Waals surface area contributed by atoms with Gasteiger partial charge in [0.15, 0.2) is 0 Å². The van der Waals surface area contributed by atoms with Crippen LogP contribution in [0.4, 0.5) is 0 Å². The first-order chi connectivity index (χ1) is 7.22. The third-order valence-corrected chi connectivity index (χ3v) is 1.49. The topological polar surface area (TPSA) is 55.3 Å². The minimum atomic E-state index is 0.785. The minimum absolute atomic E-state index is 0.785. The fourth-order valence-corrected chi connectivity index (χ4v) is 0.834. The number of hydrogen-bond acceptors (Lipinski definition) is 3. The van der Waals surface area contributed by atoms with Gasteiger partial charge in [0.05, 0.1) is 0 Å². The molecular weight excluding hydrogens is 186 g/mol. The highest BCUT2D eigenvalue weighted by Crippen LogP contribution is 1.87. The molecular formula is C12H33N3. The number of rotatable bonds is 6. The van der Waals surface area contributed by atoms with E-state index in [2.05, 4.69) is 25.8 Å². The normalized spacial score (nSPS) is 8.80. The van der Waals surface area contributed by atoms with Crippen LogP contribution in [0.15, 0.2) is 0 Å². The molecule has 96 valence electrons. The Morgan fingerprint density at radius 2 is 1.13 bits per heavy atom. The third kappa shape index (κ3) is 31.5. The molecule has 0 saturated carbocycles. The second-order valence-corrected chi connectivity index (χ2v) is 3.29. The van der Waals surface area contributed by atoms with Gasteiger partial charge in [0.2, 0.25) is 0 Å². The fourth-order valence-electron chi connectivity index (χ4n) is 0.834. The number of hydrogen-bond donors (Lipinski definition) is 2. The van der Waals surface area contributed by atoms with Crippen LogP contribution in [0.3, 0.4) is 0 Å². The van der Waals surface area contributed by atoms with Gasteiger partial charge in [0, 0.05) is 0 Å². The molecule has 3 nitrogen and oxygen atoms in total. The SMILES string of the molecule is CC.CCC.CN(CCCN)CCCN. The predicted octanol–water partition coefficient (Wildman–Crippen LogP) is 2.06. The van der Waals surface area contributed by atoms with E-state index in [1.807, 2.05) is 13.8 Å². The summed E-state index contributed by atoms with van der Waals surface area (Å²) in [6.07, 6.45) is 3.42. The third-order valence-electron chi connectivity index (χ3n) is 1.49. The van der Waals surface area contributed by atoms with Gasteiger partial charge in [-0.3, -0.25) is 0 Å². The molecule has 4 N–H and O–H groups in total. The Balaban J connectivity index is -0.000000245. The van der Waals surface area contributed by atoms with E-state index in [1.165, 1.54) is 6.42 Å². The molecule has 0 saturated heterocycles. The van der Waals surface area contributed by atoms with Gasteiger partial charge >= 0.3 is 0 Å². The van der Waals surface area contributed by atoms with Crippen molar-refractivity contribution in [2.75, 3.05) is 33.2 Å². The molecule has 0 rings (SSSR count). The molecule has 0 bridgehead atoms. The summed E-state index contributed by atoms with van der Waals surface area (Å²) < 4.78 is 0. The molecule has 0 aromatic heterocycles. The van der Waals surface area contributed by atoms with E-state index >= 15 is 0 Å². The van der Waals surface area contributed by atoms with Crippen LogP contribution in [0.5, 0.6) is 0 Å². The summed E-state index contributed by atoms with van der Waals surface area (Å²) in [4.78, 5) is 2.26. The monoisotopic (exact) mass is 219 g/mol. The second kappa shape index (κ2) is 23.6. The van der Waals surface area contributed by atoms with Gasteiger partial charge in [-0.1, -0.05) is 34.1 Å². The van der Waals surface area contributed by atoms with Crippen LogP contribution in [0.25, 0.3) is 0 Å². The lowest BCUT2D eigenvalue weighted by atomic mass is 10.3. The standard InChI is InChI=1S/C7H19N3.C3H8.C2H6/c1-10(6-2-4-8)7-3-5-9;1-3-2;1-2/h2-9H2,1H3;3H2,1-2H3;1-2H3. The molecule has 0 amide bonds. The second-order valence-electron chi connectivity index (χ2n) is 3.29. The van der Waals surface area contributed by atoms with Gasteiger partial charge < -0.3 is 16.4 Å². The molecule has 0 radical (unpaired) electrons. The summed E-state index contributed by atoms with van der Waals surface area (Å²) in [5.41, 5.74) is 10.7. The molecule has 0 aliphatic rings. The lowest BCUT2D eigenvalue weighted by molar-refractivity contribution is 0.329. The quantitative estimate of drug-likeness (QED) is 0.719. The van der Waals surface area contributed by atoms with E-state index in [4.69, 9.17) is 11.5 Å². The van der Waals surface area contributed by atoms with Gasteiger partial charge in [0.25, 0.3) is 0 Å². The molecule has 0 aliphatic carbocycles. The zero-order valence-corrected chi connectivity index (χ0v) is 11.6. The maximum atomic E-state index is 5.35. The van der Waals surface area contributed by atoms with E-state index in [0.29, 0.717) is 0 Å². The smallest absolute Gasteiger partial charge is 0.000976 e. The summed E-state index contributed by atoms with van der Waals surface area (Å²) >= 11 is 0. The Bertz CT molecular complexity index is 69.3. The van der Waals surface area contributed by atoms with Crippen LogP contribution in [-0.2, 0) is 0 Å². The van der Waals surface area contributed by atoms with Gasteiger partial charge in [-0.05, 0) is 46.1 Å². The molecule has 0 unspecified atom stereocenters. The van der Waals surface area contributed by atoms with E-state index in [1.54, 1.807) is 0 Å². The zero-order chi connectivity index (χ0) is 12.5. The summed E-state index contributed by atoms with van der Waals surface area (Å²) in [6, 6.07) is 0. The molecule has 0 aromatic carbocycles. The van der Waals surface area contributed by atoms with Crippen LogP contribution < -0.4 is 11.5 Å². The Kier molecular flexibility index (Phi) is 31.9. The number of nitrogens with zero attached hydrogens (tertiary/aromatic N) is 1. The highest BCUT2D eigenvalue weighted by atomic mass is 15.1. The van der Waals surface area contributed by atoms with Crippen LogP contribution in [0, 0.1) is 0 Å². The first-order valence-corrected chi connectivity index (χ1v) is 6.31. The van der Waals surface area contributed by atoms with E-state index in [-0.39, 0.29) is 0 Å². The summed E-state index contributed by atoms with van der Waals surface area (Å²) in [6.45, 7) is 12.0. The molecule has 0 atom stereocenters. The fraction of sp³-hybridized carbons (Fsp3) is 1.00. The van der Waals surface area contributed by atoms with Crippen molar-refractivity contribution in [1.29, 1.82) is 0 Å². The minimum Gasteiger partial charge on any atom is -0.330 e. The van der Waals surface area contributed by atoms with Crippen molar-refractivity contribution in [3.05, 3.63) is 0 Å². The predicted molar refractivity (Wildman–Crippen MR) is 72.2 cm³/mol. The van der Waals surface area contributed by atoms with Crippen LogP contribution in [0.2, 0.25) is 0 Å². The van der Waals surface area contributed by atoms with E-state index < -0.39 is 0 Å². The number of nitrogens with two attached hydrogens (primary N) is 2. The Labute approximate surface area is 97.2 Å². The van der Waals surface area contributed by atoms with Crippen molar-refractivity contribution in [2.45, 2.75) is 47.0 Å². The molecule has 0 spiro atoms. The van der Waals surface area contributed by atoms with Gasteiger partial charge in [-0.2, -0.15) is 0 Å². The molecule has 15 heavy (non-hydrogen) atoms. The molecule has 0 aliphatic heterocycles. The van der Waals surface area contributed by atoms with Crippen LogP contribution in [-0.4, -0.2) is 38.1 Å².